The number of nitrogens with zero attached hydrogens (tertiary/aromatic N) is 3. The van der Waals surface area contributed by atoms with Gasteiger partial charge in [0.2, 0.25) is 0 Å². The third-order valence-electron chi connectivity index (χ3n) is 8.02. The van der Waals surface area contributed by atoms with E-state index in [9.17, 15) is 5.11 Å². The van der Waals surface area contributed by atoms with Gasteiger partial charge in [-0.3, -0.25) is 9.97 Å². The highest BCUT2D eigenvalue weighted by atomic mass is 79.9. The Balaban J connectivity index is 1.62. The van der Waals surface area contributed by atoms with Crippen molar-refractivity contribution in [2.45, 2.75) is 43.8 Å². The van der Waals surface area contributed by atoms with Crippen LogP contribution in [0.5, 0.6) is 5.75 Å². The molecule has 5 heterocycles. The van der Waals surface area contributed by atoms with E-state index in [0.29, 0.717) is 11.8 Å². The molecule has 5 nitrogen and oxygen atoms in total. The van der Waals surface area contributed by atoms with Crippen molar-refractivity contribution < 1.29 is 14.3 Å². The molecule has 6 heteroatoms. The zero-order valence-electron chi connectivity index (χ0n) is 20.2. The molecule has 0 saturated carbocycles. The maximum atomic E-state index is 12.3. The molecule has 0 aliphatic carbocycles. The predicted octanol–water partition coefficient (Wildman–Crippen LogP) is 5.41. The van der Waals surface area contributed by atoms with Gasteiger partial charge in [-0.05, 0) is 72.1 Å². The summed E-state index contributed by atoms with van der Waals surface area (Å²) in [5.41, 5.74) is 5.06. The molecule has 1 unspecified atom stereocenters. The number of pyridine rings is 2. The average molecular weight is 523 g/mol. The van der Waals surface area contributed by atoms with Crippen molar-refractivity contribution in [1.29, 1.82) is 0 Å². The summed E-state index contributed by atoms with van der Waals surface area (Å²) < 4.78 is 5.11. The molecule has 0 spiro atoms. The highest BCUT2D eigenvalue weighted by Crippen LogP contribution is 2.52. The lowest BCUT2D eigenvalue weighted by Gasteiger charge is -2.59. The van der Waals surface area contributed by atoms with E-state index in [1.54, 1.807) is 13.3 Å². The molecule has 2 aromatic heterocycles. The monoisotopic (exact) mass is 522 g/mol. The number of halogens is 1. The van der Waals surface area contributed by atoms with E-state index in [1.165, 1.54) is 5.56 Å². The Kier molecular flexibility index (Phi) is 6.03. The second-order valence-corrected chi connectivity index (χ2v) is 11.4. The van der Waals surface area contributed by atoms with E-state index < -0.39 is 4.51 Å². The molecule has 1 N–H and O–H groups in total. The average Bonchev–Trinajstić information content (AvgIpc) is 2.82. The summed E-state index contributed by atoms with van der Waals surface area (Å²) in [4.78, 5) is 9.12. The molecule has 5 atom stereocenters. The first-order valence-corrected chi connectivity index (χ1v) is 12.8. The molecular formula is C28H33BrN3O2+. The van der Waals surface area contributed by atoms with Crippen LogP contribution in [0.25, 0.3) is 10.9 Å². The standard InChI is InChI=1S/C28H33BrN3O2/c1-5-21-17-32(16-20-12-18(2)31-19(3)13-20)11-9-22(21)14-27(32)28(29,33)25-8-10-30-26-7-6-23(34-4)15-24(25)26/h5-8,10,12-13,15,21-22,27,33H,1,9,11,14,16-17H2,2-4H3/q+1/t21-,22-,27-,28-,32?/m0/s1. The van der Waals surface area contributed by atoms with Crippen LogP contribution in [0, 0.1) is 25.7 Å². The Hall–Kier alpha value is -2.28. The topological polar surface area (TPSA) is 55.2 Å². The van der Waals surface area contributed by atoms with Gasteiger partial charge >= 0.3 is 0 Å². The SMILES string of the molecule is C=C[C@H]1C[N+]2(Cc3cc(C)nc(C)c3)CC[C@H]1C[C@H]2[C@](O)(Br)c1ccnc2ccc(OC)cc12. The molecule has 2 bridgehead atoms. The van der Waals surface area contributed by atoms with Gasteiger partial charge in [0.1, 0.15) is 18.3 Å². The molecule has 3 aromatic rings. The fraction of sp³-hybridized carbons (Fsp3) is 0.429. The molecule has 6 rings (SSSR count). The molecule has 0 amide bonds. The number of aromatic nitrogens is 2. The van der Waals surface area contributed by atoms with E-state index in [2.05, 4.69) is 64.5 Å². The second-order valence-electron chi connectivity index (χ2n) is 10.2. The van der Waals surface area contributed by atoms with Gasteiger partial charge in [-0.1, -0.05) is 6.08 Å². The molecule has 1 aromatic carbocycles. The number of methoxy groups -OCH3 is 1. The van der Waals surface area contributed by atoms with Crippen LogP contribution >= 0.6 is 15.9 Å². The molecule has 34 heavy (non-hydrogen) atoms. The molecule has 3 fully saturated rings. The Bertz CT molecular complexity index is 1220. The predicted molar refractivity (Wildman–Crippen MR) is 139 cm³/mol. The van der Waals surface area contributed by atoms with Gasteiger partial charge in [-0.25, -0.2) is 0 Å². The van der Waals surface area contributed by atoms with Crippen molar-refractivity contribution in [2.75, 3.05) is 20.2 Å². The smallest absolute Gasteiger partial charge is 0.198 e. The number of benzene rings is 1. The third-order valence-corrected chi connectivity index (χ3v) is 8.98. The van der Waals surface area contributed by atoms with Gasteiger partial charge in [0.25, 0.3) is 0 Å². The number of rotatable bonds is 6. The van der Waals surface area contributed by atoms with Gasteiger partial charge in [0.05, 0.1) is 25.7 Å². The Morgan fingerprint density at radius 2 is 2.00 bits per heavy atom. The van der Waals surface area contributed by atoms with Crippen molar-refractivity contribution in [3.05, 3.63) is 77.8 Å². The normalized spacial score (nSPS) is 28.0. The first-order valence-electron chi connectivity index (χ1n) is 12.0. The minimum absolute atomic E-state index is 0.00646. The lowest BCUT2D eigenvalue weighted by Crippen LogP contribution is -2.70. The number of alkyl halides is 1. The Morgan fingerprint density at radius 1 is 1.24 bits per heavy atom. The van der Waals surface area contributed by atoms with Crippen molar-refractivity contribution >= 4 is 26.8 Å². The van der Waals surface area contributed by atoms with Crippen molar-refractivity contribution in [1.82, 2.24) is 9.97 Å². The molecule has 3 saturated heterocycles. The number of hydrogen-bond acceptors (Lipinski definition) is 4. The summed E-state index contributed by atoms with van der Waals surface area (Å²) in [5, 5.41) is 13.2. The summed E-state index contributed by atoms with van der Waals surface area (Å²) >= 11 is 3.87. The zero-order chi connectivity index (χ0) is 24.1. The summed E-state index contributed by atoms with van der Waals surface area (Å²) in [6.07, 6.45) is 6.02. The zero-order valence-corrected chi connectivity index (χ0v) is 21.8. The quantitative estimate of drug-likeness (QED) is 0.267. The number of aliphatic hydroxyl groups is 1. The fourth-order valence-corrected chi connectivity index (χ4v) is 7.50. The van der Waals surface area contributed by atoms with Gasteiger partial charge in [0, 0.05) is 52.9 Å². The van der Waals surface area contributed by atoms with Crippen LogP contribution in [0.1, 0.15) is 35.4 Å². The second kappa shape index (κ2) is 8.74. The van der Waals surface area contributed by atoms with E-state index in [0.717, 1.165) is 70.6 Å². The number of aryl methyl sites for hydroxylation is 2. The van der Waals surface area contributed by atoms with E-state index in [1.807, 2.05) is 24.3 Å². The van der Waals surface area contributed by atoms with E-state index in [-0.39, 0.29) is 6.04 Å². The maximum Gasteiger partial charge on any atom is 0.198 e. The lowest BCUT2D eigenvalue weighted by atomic mass is 9.71. The van der Waals surface area contributed by atoms with Crippen LogP contribution in [0.15, 0.2) is 55.3 Å². The summed E-state index contributed by atoms with van der Waals surface area (Å²) in [6, 6.07) is 12.2. The van der Waals surface area contributed by atoms with E-state index >= 15 is 0 Å². The number of piperidine rings is 3. The fourth-order valence-electron chi connectivity index (χ4n) is 6.54. The minimum atomic E-state index is -1.21. The Labute approximate surface area is 210 Å². The number of hydrogen-bond donors (Lipinski definition) is 1. The summed E-state index contributed by atoms with van der Waals surface area (Å²) in [5.74, 6) is 1.76. The number of ether oxygens (including phenoxy) is 1. The van der Waals surface area contributed by atoms with Crippen molar-refractivity contribution in [3.63, 3.8) is 0 Å². The highest BCUT2D eigenvalue weighted by molar-refractivity contribution is 9.09. The number of quaternary nitrogens is 1. The van der Waals surface area contributed by atoms with Crippen LogP contribution in [0.4, 0.5) is 0 Å². The number of fused-ring (bicyclic) bond motifs is 4. The molecule has 0 radical (unpaired) electrons. The minimum Gasteiger partial charge on any atom is -0.497 e. The Morgan fingerprint density at radius 3 is 2.71 bits per heavy atom. The molecule has 3 aliphatic heterocycles. The van der Waals surface area contributed by atoms with Gasteiger partial charge in [-0.15, -0.1) is 6.58 Å². The van der Waals surface area contributed by atoms with Crippen LogP contribution < -0.4 is 4.74 Å². The van der Waals surface area contributed by atoms with E-state index in [4.69, 9.17) is 4.74 Å². The van der Waals surface area contributed by atoms with Crippen molar-refractivity contribution in [3.8, 4) is 5.75 Å². The van der Waals surface area contributed by atoms with Gasteiger partial charge in [-0.2, -0.15) is 0 Å². The first kappa shape index (κ1) is 23.5. The van der Waals surface area contributed by atoms with Crippen molar-refractivity contribution in [2.24, 2.45) is 11.8 Å². The summed E-state index contributed by atoms with van der Waals surface area (Å²) in [6.45, 7) is 11.2. The van der Waals surface area contributed by atoms with Crippen LogP contribution in [0.2, 0.25) is 0 Å². The van der Waals surface area contributed by atoms with Crippen LogP contribution in [0.3, 0.4) is 0 Å². The van der Waals surface area contributed by atoms with Gasteiger partial charge in [0.15, 0.2) is 4.51 Å². The molecule has 3 aliphatic rings. The first-order chi connectivity index (χ1) is 16.3. The van der Waals surface area contributed by atoms with Crippen LogP contribution in [-0.2, 0) is 11.1 Å². The highest BCUT2D eigenvalue weighted by Gasteiger charge is 2.59. The molecule has 178 valence electrons. The van der Waals surface area contributed by atoms with Gasteiger partial charge < -0.3 is 14.3 Å². The summed E-state index contributed by atoms with van der Waals surface area (Å²) in [7, 11) is 1.66. The van der Waals surface area contributed by atoms with Crippen LogP contribution in [-0.4, -0.2) is 45.8 Å². The largest absolute Gasteiger partial charge is 0.497 e. The molecular weight excluding hydrogens is 490 g/mol. The third kappa shape index (κ3) is 3.96. The maximum absolute atomic E-state index is 12.3. The lowest BCUT2D eigenvalue weighted by molar-refractivity contribution is -0.986.